The fourth-order valence-corrected chi connectivity index (χ4v) is 1.32. The van der Waals surface area contributed by atoms with Crippen molar-refractivity contribution in [1.29, 1.82) is 0 Å². The fraction of sp³-hybridized carbons (Fsp3) is 0.300. The molecule has 0 bridgehead atoms. The van der Waals surface area contributed by atoms with Gasteiger partial charge in [0, 0.05) is 6.20 Å². The Kier molecular flexibility index (Phi) is 4.30. The second kappa shape index (κ2) is 5.55. The molecule has 0 radical (unpaired) electrons. The summed E-state index contributed by atoms with van der Waals surface area (Å²) in [6, 6.07) is 2.28. The van der Waals surface area contributed by atoms with E-state index in [1.54, 1.807) is 0 Å². The van der Waals surface area contributed by atoms with Crippen molar-refractivity contribution in [3.8, 4) is 0 Å². The zero-order chi connectivity index (χ0) is 14.6. The molecule has 0 aliphatic rings. The predicted molar refractivity (Wildman–Crippen MR) is 58.7 cm³/mol. The molecule has 0 saturated carbocycles. The molecule has 0 atom stereocenters. The number of hydrogen-bond donors (Lipinski definition) is 2. The molecule has 0 spiro atoms. The Morgan fingerprint density at radius 1 is 1.37 bits per heavy atom. The van der Waals surface area contributed by atoms with E-state index in [-0.39, 0.29) is 11.4 Å². The number of rotatable bonds is 5. The quantitative estimate of drug-likeness (QED) is 0.823. The monoisotopic (exact) mass is 277 g/mol. The summed E-state index contributed by atoms with van der Waals surface area (Å²) in [5, 5.41) is 8.57. The van der Waals surface area contributed by atoms with Crippen LogP contribution in [0.3, 0.4) is 0 Å². The number of halogens is 3. The third-order valence-corrected chi connectivity index (χ3v) is 2.05. The predicted octanol–water partition coefficient (Wildman–Crippen LogP) is 0.634. The lowest BCUT2D eigenvalue weighted by Gasteiger charge is -2.22. The summed E-state index contributed by atoms with van der Waals surface area (Å²) in [5.74, 6) is -2.41. The Morgan fingerprint density at radius 2 is 2.00 bits per heavy atom. The van der Waals surface area contributed by atoms with E-state index in [9.17, 15) is 22.8 Å². The van der Waals surface area contributed by atoms with E-state index >= 15 is 0 Å². The summed E-state index contributed by atoms with van der Waals surface area (Å²) in [4.78, 5) is 25.5. The van der Waals surface area contributed by atoms with Gasteiger partial charge in [-0.05, 0) is 12.1 Å². The second-order valence-corrected chi connectivity index (χ2v) is 3.63. The van der Waals surface area contributed by atoms with Crippen molar-refractivity contribution >= 4 is 17.7 Å². The molecule has 3 N–H and O–H groups in total. The van der Waals surface area contributed by atoms with Crippen molar-refractivity contribution in [2.45, 2.75) is 6.18 Å². The van der Waals surface area contributed by atoms with Gasteiger partial charge < -0.3 is 15.7 Å². The minimum Gasteiger partial charge on any atom is -0.480 e. The normalized spacial score (nSPS) is 11.1. The highest BCUT2D eigenvalue weighted by Gasteiger charge is 2.32. The number of primary amides is 1. The number of carboxylic acids is 1. The lowest BCUT2D eigenvalue weighted by Crippen LogP contribution is -2.38. The van der Waals surface area contributed by atoms with E-state index in [0.29, 0.717) is 4.90 Å². The molecule has 19 heavy (non-hydrogen) atoms. The van der Waals surface area contributed by atoms with E-state index < -0.39 is 31.1 Å². The van der Waals surface area contributed by atoms with Crippen molar-refractivity contribution < 1.29 is 27.9 Å². The highest BCUT2D eigenvalue weighted by Crippen LogP contribution is 2.20. The van der Waals surface area contributed by atoms with Crippen molar-refractivity contribution in [2.24, 2.45) is 5.73 Å². The van der Waals surface area contributed by atoms with Crippen LogP contribution < -0.4 is 10.6 Å². The molecule has 1 aromatic rings. The average molecular weight is 277 g/mol. The van der Waals surface area contributed by atoms with Crippen molar-refractivity contribution in [3.63, 3.8) is 0 Å². The van der Waals surface area contributed by atoms with E-state index in [2.05, 4.69) is 4.98 Å². The lowest BCUT2D eigenvalue weighted by atomic mass is 10.2. The van der Waals surface area contributed by atoms with Crippen LogP contribution in [0.5, 0.6) is 0 Å². The maximum absolute atomic E-state index is 12.3. The van der Waals surface area contributed by atoms with Crippen LogP contribution in [0.1, 0.15) is 10.4 Å². The lowest BCUT2D eigenvalue weighted by molar-refractivity contribution is -0.136. The smallest absolute Gasteiger partial charge is 0.405 e. The molecular formula is C10H10F3N3O3. The Hall–Kier alpha value is -2.32. The number of carbonyl (C=O) groups is 2. The molecular weight excluding hydrogens is 267 g/mol. The van der Waals surface area contributed by atoms with Crippen LogP contribution in [0, 0.1) is 0 Å². The van der Waals surface area contributed by atoms with E-state index in [1.807, 2.05) is 0 Å². The molecule has 0 aromatic carbocycles. The molecule has 1 rings (SSSR count). The SMILES string of the molecule is NC(=O)c1ccc(N(CC(=O)O)CC(F)(F)F)nc1. The van der Waals surface area contributed by atoms with Crippen LogP contribution in [-0.4, -0.2) is 41.2 Å². The molecule has 0 unspecified atom stereocenters. The van der Waals surface area contributed by atoms with Crippen LogP contribution in [-0.2, 0) is 4.79 Å². The van der Waals surface area contributed by atoms with Gasteiger partial charge in [-0.2, -0.15) is 13.2 Å². The number of carbonyl (C=O) groups excluding carboxylic acids is 1. The van der Waals surface area contributed by atoms with Gasteiger partial charge in [-0.25, -0.2) is 4.98 Å². The molecule has 0 aliphatic carbocycles. The van der Waals surface area contributed by atoms with Gasteiger partial charge in [0.1, 0.15) is 18.9 Å². The minimum absolute atomic E-state index is 0.0195. The van der Waals surface area contributed by atoms with Gasteiger partial charge >= 0.3 is 12.1 Å². The third kappa shape index (κ3) is 4.82. The molecule has 6 nitrogen and oxygen atoms in total. The van der Waals surface area contributed by atoms with Crippen LogP contribution in [0.2, 0.25) is 0 Å². The number of pyridine rings is 1. The summed E-state index contributed by atoms with van der Waals surface area (Å²) in [6.45, 7) is -2.31. The van der Waals surface area contributed by atoms with E-state index in [4.69, 9.17) is 10.8 Å². The maximum atomic E-state index is 12.3. The first-order chi connectivity index (χ1) is 8.69. The van der Waals surface area contributed by atoms with E-state index in [1.165, 1.54) is 6.07 Å². The number of anilines is 1. The summed E-state index contributed by atoms with van der Waals surface area (Å²) in [6.07, 6.45) is -3.58. The number of nitrogens with zero attached hydrogens (tertiary/aromatic N) is 2. The number of carboxylic acid groups (broad SMARTS) is 1. The fourth-order valence-electron chi connectivity index (χ4n) is 1.32. The highest BCUT2D eigenvalue weighted by molar-refractivity contribution is 5.92. The Morgan fingerprint density at radius 3 is 2.37 bits per heavy atom. The Balaban J connectivity index is 2.96. The minimum atomic E-state index is -4.57. The van der Waals surface area contributed by atoms with Gasteiger partial charge in [-0.1, -0.05) is 0 Å². The molecule has 9 heteroatoms. The topological polar surface area (TPSA) is 96.5 Å². The van der Waals surface area contributed by atoms with Gasteiger partial charge in [0.15, 0.2) is 0 Å². The molecule has 1 heterocycles. The van der Waals surface area contributed by atoms with Crippen LogP contribution in [0.4, 0.5) is 19.0 Å². The summed E-state index contributed by atoms with van der Waals surface area (Å²) >= 11 is 0. The van der Waals surface area contributed by atoms with Gasteiger partial charge in [0.2, 0.25) is 5.91 Å². The highest BCUT2D eigenvalue weighted by atomic mass is 19.4. The number of aliphatic carboxylic acids is 1. The summed E-state index contributed by atoms with van der Waals surface area (Å²) in [5.41, 5.74) is 4.98. The van der Waals surface area contributed by atoms with Gasteiger partial charge in [0.25, 0.3) is 0 Å². The Bertz CT molecular complexity index is 473. The standard InChI is InChI=1S/C10H10F3N3O3/c11-10(12,13)5-16(4-8(17)18)7-2-1-6(3-15-7)9(14)19/h1-3H,4-5H2,(H2,14,19)(H,17,18). The summed E-state index contributed by atoms with van der Waals surface area (Å²) < 4.78 is 36.9. The van der Waals surface area contributed by atoms with Crippen molar-refractivity contribution in [3.05, 3.63) is 23.9 Å². The number of alkyl halides is 3. The first-order valence-electron chi connectivity index (χ1n) is 4.98. The zero-order valence-corrected chi connectivity index (χ0v) is 9.52. The van der Waals surface area contributed by atoms with Crippen LogP contribution >= 0.6 is 0 Å². The van der Waals surface area contributed by atoms with Gasteiger partial charge in [-0.15, -0.1) is 0 Å². The van der Waals surface area contributed by atoms with E-state index in [0.717, 1.165) is 12.3 Å². The molecule has 0 fully saturated rings. The maximum Gasteiger partial charge on any atom is 0.405 e. The van der Waals surface area contributed by atoms with Crippen LogP contribution in [0.15, 0.2) is 18.3 Å². The first kappa shape index (κ1) is 14.7. The first-order valence-corrected chi connectivity index (χ1v) is 4.98. The Labute approximate surface area is 105 Å². The molecule has 1 amide bonds. The number of hydrogen-bond acceptors (Lipinski definition) is 4. The van der Waals surface area contributed by atoms with Crippen molar-refractivity contribution in [1.82, 2.24) is 4.98 Å². The second-order valence-electron chi connectivity index (χ2n) is 3.63. The summed E-state index contributed by atoms with van der Waals surface area (Å²) in [7, 11) is 0. The van der Waals surface area contributed by atoms with Gasteiger partial charge in [-0.3, -0.25) is 9.59 Å². The third-order valence-electron chi connectivity index (χ3n) is 2.05. The average Bonchev–Trinajstić information content (AvgIpc) is 2.25. The number of aromatic nitrogens is 1. The molecule has 0 saturated heterocycles. The number of amides is 1. The van der Waals surface area contributed by atoms with Gasteiger partial charge in [0.05, 0.1) is 5.56 Å². The zero-order valence-electron chi connectivity index (χ0n) is 9.52. The number of nitrogens with two attached hydrogens (primary N) is 1. The molecule has 1 aromatic heterocycles. The molecule has 0 aliphatic heterocycles. The van der Waals surface area contributed by atoms with Crippen molar-refractivity contribution in [2.75, 3.05) is 18.0 Å². The van der Waals surface area contributed by atoms with Crippen LogP contribution in [0.25, 0.3) is 0 Å². The molecule has 104 valence electrons. The largest absolute Gasteiger partial charge is 0.480 e.